The number of sulfonamides is 1. The van der Waals surface area contributed by atoms with E-state index in [-0.39, 0.29) is 30.7 Å². The Hall–Kier alpha value is -2.91. The van der Waals surface area contributed by atoms with Crippen molar-refractivity contribution in [3.8, 4) is 11.1 Å². The van der Waals surface area contributed by atoms with E-state index in [2.05, 4.69) is 5.32 Å². The number of aliphatic carboxylic acids is 1. The number of ether oxygens (including phenoxy) is 1. The minimum absolute atomic E-state index is 0.0895. The predicted octanol–water partition coefficient (Wildman–Crippen LogP) is 3.29. The summed E-state index contributed by atoms with van der Waals surface area (Å²) in [5.74, 6) is -1.67. The number of fused-ring (bicyclic) bond motifs is 3. The standard InChI is InChI=1S/C24H30N2O6S/c1-16(2)15-33(30,31)26(13-23(27)28)12-17(3)25-24(29)32-14-22-20-10-6-4-8-18(20)19-9-5-7-11-21(19)22/h4-11,16-17,22H,12-15H2,1-3H3,(H,25,29)(H,27,28). The number of carboxylic acid groups (broad SMARTS) is 1. The maximum absolute atomic E-state index is 12.5. The summed E-state index contributed by atoms with van der Waals surface area (Å²) in [4.78, 5) is 23.6. The molecule has 1 aliphatic carbocycles. The number of amides is 1. The largest absolute Gasteiger partial charge is 0.480 e. The molecule has 0 heterocycles. The van der Waals surface area contributed by atoms with E-state index >= 15 is 0 Å². The van der Waals surface area contributed by atoms with Crippen molar-refractivity contribution in [3.05, 3.63) is 59.7 Å². The fourth-order valence-corrected chi connectivity index (χ4v) is 5.96. The van der Waals surface area contributed by atoms with Gasteiger partial charge in [-0.3, -0.25) is 4.79 Å². The Morgan fingerprint density at radius 1 is 1.03 bits per heavy atom. The van der Waals surface area contributed by atoms with Crippen molar-refractivity contribution in [3.63, 3.8) is 0 Å². The summed E-state index contributed by atoms with van der Waals surface area (Å²) in [5, 5.41) is 11.7. The van der Waals surface area contributed by atoms with E-state index in [0.717, 1.165) is 26.6 Å². The van der Waals surface area contributed by atoms with E-state index in [1.165, 1.54) is 0 Å². The summed E-state index contributed by atoms with van der Waals surface area (Å²) in [5.41, 5.74) is 4.42. The first kappa shape index (κ1) is 24.7. The molecule has 1 atom stereocenters. The van der Waals surface area contributed by atoms with Crippen LogP contribution in [0.15, 0.2) is 48.5 Å². The van der Waals surface area contributed by atoms with Crippen molar-refractivity contribution in [1.82, 2.24) is 9.62 Å². The molecule has 2 aromatic rings. The first-order chi connectivity index (χ1) is 15.6. The zero-order valence-corrected chi connectivity index (χ0v) is 19.8. The van der Waals surface area contributed by atoms with Gasteiger partial charge in [0.15, 0.2) is 0 Å². The van der Waals surface area contributed by atoms with Crippen molar-refractivity contribution in [1.29, 1.82) is 0 Å². The van der Waals surface area contributed by atoms with E-state index < -0.39 is 34.7 Å². The van der Waals surface area contributed by atoms with E-state index in [4.69, 9.17) is 9.84 Å². The fourth-order valence-electron chi connectivity index (χ4n) is 4.15. The van der Waals surface area contributed by atoms with Gasteiger partial charge >= 0.3 is 12.1 Å². The van der Waals surface area contributed by atoms with Gasteiger partial charge in [0.05, 0.1) is 5.75 Å². The Labute approximate surface area is 194 Å². The summed E-state index contributed by atoms with van der Waals surface area (Å²) in [6.45, 7) is 4.42. The van der Waals surface area contributed by atoms with Crippen LogP contribution in [0, 0.1) is 5.92 Å². The molecule has 0 radical (unpaired) electrons. The smallest absolute Gasteiger partial charge is 0.407 e. The second-order valence-corrected chi connectivity index (χ2v) is 10.7. The topological polar surface area (TPSA) is 113 Å². The lowest BCUT2D eigenvalue weighted by atomic mass is 9.98. The summed E-state index contributed by atoms with van der Waals surface area (Å²) in [7, 11) is -3.78. The Bertz CT molecular complexity index is 1070. The summed E-state index contributed by atoms with van der Waals surface area (Å²) in [6, 6.07) is 15.4. The first-order valence-electron chi connectivity index (χ1n) is 10.9. The van der Waals surface area contributed by atoms with Gasteiger partial charge in [-0.15, -0.1) is 0 Å². The molecular formula is C24H30N2O6S. The molecule has 9 heteroatoms. The lowest BCUT2D eigenvalue weighted by Crippen LogP contribution is -2.47. The Morgan fingerprint density at radius 2 is 1.58 bits per heavy atom. The minimum atomic E-state index is -3.78. The van der Waals surface area contributed by atoms with Crippen LogP contribution in [-0.2, 0) is 19.6 Å². The molecule has 0 saturated carbocycles. The van der Waals surface area contributed by atoms with Gasteiger partial charge < -0.3 is 15.2 Å². The number of nitrogens with one attached hydrogen (secondary N) is 1. The highest BCUT2D eigenvalue weighted by Gasteiger charge is 2.30. The predicted molar refractivity (Wildman–Crippen MR) is 126 cm³/mol. The van der Waals surface area contributed by atoms with Crippen molar-refractivity contribution >= 4 is 22.1 Å². The molecule has 1 unspecified atom stereocenters. The van der Waals surface area contributed by atoms with Crippen LogP contribution < -0.4 is 5.32 Å². The van der Waals surface area contributed by atoms with Crippen LogP contribution in [0.25, 0.3) is 11.1 Å². The zero-order chi connectivity index (χ0) is 24.2. The van der Waals surface area contributed by atoms with Gasteiger partial charge in [-0.05, 0) is 35.1 Å². The number of carboxylic acids is 1. The molecule has 0 bridgehead atoms. The third-order valence-corrected chi connectivity index (χ3v) is 7.59. The number of nitrogens with zero attached hydrogens (tertiary/aromatic N) is 1. The molecule has 0 fully saturated rings. The normalized spacial score (nSPS) is 14.1. The van der Waals surface area contributed by atoms with Crippen LogP contribution in [0.4, 0.5) is 4.79 Å². The highest BCUT2D eigenvalue weighted by Crippen LogP contribution is 2.44. The summed E-state index contributed by atoms with van der Waals surface area (Å²) < 4.78 is 31.5. The van der Waals surface area contributed by atoms with Gasteiger partial charge in [-0.25, -0.2) is 13.2 Å². The molecule has 0 saturated heterocycles. The lowest BCUT2D eigenvalue weighted by molar-refractivity contribution is -0.137. The fraction of sp³-hybridized carbons (Fsp3) is 0.417. The van der Waals surface area contributed by atoms with E-state index in [9.17, 15) is 18.0 Å². The van der Waals surface area contributed by atoms with Crippen molar-refractivity contribution in [2.75, 3.05) is 25.4 Å². The van der Waals surface area contributed by atoms with Gasteiger partial charge in [-0.1, -0.05) is 62.4 Å². The van der Waals surface area contributed by atoms with Crippen LogP contribution in [0.2, 0.25) is 0 Å². The number of hydrogen-bond donors (Lipinski definition) is 2. The van der Waals surface area contributed by atoms with E-state index in [0.29, 0.717) is 0 Å². The number of carbonyl (C=O) groups excluding carboxylic acids is 1. The molecule has 2 aromatic carbocycles. The van der Waals surface area contributed by atoms with E-state index in [1.54, 1.807) is 20.8 Å². The molecular weight excluding hydrogens is 444 g/mol. The number of benzene rings is 2. The van der Waals surface area contributed by atoms with Gasteiger partial charge in [-0.2, -0.15) is 4.31 Å². The summed E-state index contributed by atoms with van der Waals surface area (Å²) >= 11 is 0. The molecule has 33 heavy (non-hydrogen) atoms. The molecule has 0 spiro atoms. The molecule has 178 valence electrons. The molecule has 0 aliphatic heterocycles. The highest BCUT2D eigenvalue weighted by atomic mass is 32.2. The lowest BCUT2D eigenvalue weighted by Gasteiger charge is -2.25. The van der Waals surface area contributed by atoms with Crippen LogP contribution >= 0.6 is 0 Å². The average molecular weight is 475 g/mol. The second-order valence-electron chi connectivity index (χ2n) is 8.73. The van der Waals surface area contributed by atoms with Crippen LogP contribution in [-0.4, -0.2) is 61.4 Å². The SMILES string of the molecule is CC(C)CS(=O)(=O)N(CC(=O)O)CC(C)NC(=O)OCC1c2ccccc2-c2ccccc21. The highest BCUT2D eigenvalue weighted by molar-refractivity contribution is 7.89. The molecule has 1 amide bonds. The van der Waals surface area contributed by atoms with Gasteiger partial charge in [0.25, 0.3) is 0 Å². The maximum atomic E-state index is 12.5. The molecule has 2 N–H and O–H groups in total. The van der Waals surface area contributed by atoms with Crippen LogP contribution in [0.1, 0.15) is 37.8 Å². The second kappa shape index (κ2) is 10.4. The maximum Gasteiger partial charge on any atom is 0.407 e. The molecule has 0 aromatic heterocycles. The van der Waals surface area contributed by atoms with E-state index in [1.807, 2.05) is 48.5 Å². The number of carbonyl (C=O) groups is 2. The number of rotatable bonds is 10. The zero-order valence-electron chi connectivity index (χ0n) is 19.0. The third-order valence-electron chi connectivity index (χ3n) is 5.43. The Balaban J connectivity index is 1.62. The van der Waals surface area contributed by atoms with Crippen molar-refractivity contribution in [2.24, 2.45) is 5.92 Å². The first-order valence-corrected chi connectivity index (χ1v) is 12.5. The number of alkyl carbamates (subject to hydrolysis) is 1. The van der Waals surface area contributed by atoms with Crippen molar-refractivity contribution in [2.45, 2.75) is 32.7 Å². The molecule has 1 aliphatic rings. The molecule has 8 nitrogen and oxygen atoms in total. The quantitative estimate of drug-likeness (QED) is 0.546. The Kier molecular flexibility index (Phi) is 7.76. The summed E-state index contributed by atoms with van der Waals surface area (Å²) in [6.07, 6.45) is -0.680. The Morgan fingerprint density at radius 3 is 2.09 bits per heavy atom. The number of hydrogen-bond acceptors (Lipinski definition) is 5. The third kappa shape index (κ3) is 6.11. The van der Waals surface area contributed by atoms with Crippen LogP contribution in [0.3, 0.4) is 0 Å². The average Bonchev–Trinajstić information content (AvgIpc) is 3.04. The minimum Gasteiger partial charge on any atom is -0.480 e. The van der Waals surface area contributed by atoms with Gasteiger partial charge in [0.2, 0.25) is 10.0 Å². The monoisotopic (exact) mass is 474 g/mol. The van der Waals surface area contributed by atoms with Gasteiger partial charge in [0.1, 0.15) is 13.2 Å². The van der Waals surface area contributed by atoms with Crippen molar-refractivity contribution < 1.29 is 27.9 Å². The van der Waals surface area contributed by atoms with Gasteiger partial charge in [0, 0.05) is 18.5 Å². The molecule has 3 rings (SSSR count). The van der Waals surface area contributed by atoms with Crippen LogP contribution in [0.5, 0.6) is 0 Å².